The van der Waals surface area contributed by atoms with Crippen molar-refractivity contribution in [2.24, 2.45) is 0 Å². The van der Waals surface area contributed by atoms with Crippen LogP contribution in [0.3, 0.4) is 0 Å². The second-order valence-electron chi connectivity index (χ2n) is 2.40. The molecule has 0 unspecified atom stereocenters. The van der Waals surface area contributed by atoms with Crippen LogP contribution in [0, 0.1) is 0 Å². The van der Waals surface area contributed by atoms with E-state index in [2.05, 4.69) is 21.3 Å². The first-order chi connectivity index (χ1) is 4.88. The van der Waals surface area contributed by atoms with Crippen LogP contribution in [0.25, 0.3) is 0 Å². The van der Waals surface area contributed by atoms with Gasteiger partial charge in [-0.15, -0.1) is 0 Å². The largest absolute Gasteiger partial charge is 0.354 e. The van der Waals surface area contributed by atoms with E-state index in [1.807, 2.05) is 13.1 Å². The molecule has 1 aromatic rings. The second kappa shape index (κ2) is 1.87. The van der Waals surface area contributed by atoms with Crippen molar-refractivity contribution < 1.29 is 0 Å². The van der Waals surface area contributed by atoms with E-state index in [1.165, 1.54) is 5.69 Å². The van der Waals surface area contributed by atoms with Gasteiger partial charge in [0.1, 0.15) is 0 Å². The summed E-state index contributed by atoms with van der Waals surface area (Å²) in [7, 11) is 2.04. The van der Waals surface area contributed by atoms with Crippen LogP contribution in [0.2, 0.25) is 0 Å². The number of anilines is 2. The summed E-state index contributed by atoms with van der Waals surface area (Å²) in [5, 5.41) is 3.16. The van der Waals surface area contributed by atoms with Gasteiger partial charge < -0.3 is 10.2 Å². The molecule has 0 bridgehead atoms. The average Bonchev–Trinajstić information content (AvgIpc) is 2.34. The molecular weight excluding hydrogens is 126 g/mol. The highest BCUT2D eigenvalue weighted by molar-refractivity contribution is 5.69. The predicted octanol–water partition coefficient (Wildman–Crippen LogP) is 0.901. The Bertz CT molecular complexity index is 246. The van der Waals surface area contributed by atoms with E-state index in [1.54, 1.807) is 6.20 Å². The number of hydrogen-bond acceptors (Lipinski definition) is 3. The SMILES string of the molecule is CN1CNc2ncccc21. The number of rotatable bonds is 0. The third-order valence-corrected chi connectivity index (χ3v) is 1.68. The van der Waals surface area contributed by atoms with E-state index in [-0.39, 0.29) is 0 Å². The fourth-order valence-corrected chi connectivity index (χ4v) is 1.12. The zero-order valence-corrected chi connectivity index (χ0v) is 5.83. The molecule has 3 nitrogen and oxygen atoms in total. The van der Waals surface area contributed by atoms with E-state index >= 15 is 0 Å². The number of fused-ring (bicyclic) bond motifs is 1. The maximum absolute atomic E-state index is 4.16. The van der Waals surface area contributed by atoms with Crippen molar-refractivity contribution in [3.8, 4) is 0 Å². The van der Waals surface area contributed by atoms with Gasteiger partial charge in [0.15, 0.2) is 5.82 Å². The van der Waals surface area contributed by atoms with Gasteiger partial charge >= 0.3 is 0 Å². The predicted molar refractivity (Wildman–Crippen MR) is 41.1 cm³/mol. The standard InChI is InChI=1S/C7H9N3/c1-10-5-9-7-6(10)3-2-4-8-7/h2-4H,5H2,1H3,(H,8,9). The lowest BCUT2D eigenvalue weighted by atomic mass is 10.4. The summed E-state index contributed by atoms with van der Waals surface area (Å²) in [6, 6.07) is 4.00. The summed E-state index contributed by atoms with van der Waals surface area (Å²) >= 11 is 0. The molecule has 0 aliphatic carbocycles. The molecule has 52 valence electrons. The topological polar surface area (TPSA) is 28.2 Å². The van der Waals surface area contributed by atoms with Crippen LogP contribution in [-0.2, 0) is 0 Å². The van der Waals surface area contributed by atoms with Crippen LogP contribution in [0.15, 0.2) is 18.3 Å². The highest BCUT2D eigenvalue weighted by atomic mass is 15.3. The van der Waals surface area contributed by atoms with Crippen molar-refractivity contribution >= 4 is 11.5 Å². The van der Waals surface area contributed by atoms with E-state index in [4.69, 9.17) is 0 Å². The van der Waals surface area contributed by atoms with Crippen molar-refractivity contribution in [3.63, 3.8) is 0 Å². The molecule has 0 saturated carbocycles. The summed E-state index contributed by atoms with van der Waals surface area (Å²) in [4.78, 5) is 6.28. The van der Waals surface area contributed by atoms with Gasteiger partial charge in [0.25, 0.3) is 0 Å². The zero-order valence-electron chi connectivity index (χ0n) is 5.83. The molecule has 1 aliphatic rings. The third kappa shape index (κ3) is 0.635. The molecule has 2 rings (SSSR count). The van der Waals surface area contributed by atoms with E-state index in [0.29, 0.717) is 0 Å². The summed E-state index contributed by atoms with van der Waals surface area (Å²) in [5.41, 5.74) is 1.18. The van der Waals surface area contributed by atoms with Crippen molar-refractivity contribution in [2.45, 2.75) is 0 Å². The van der Waals surface area contributed by atoms with Crippen LogP contribution >= 0.6 is 0 Å². The van der Waals surface area contributed by atoms with Crippen LogP contribution < -0.4 is 10.2 Å². The lowest BCUT2D eigenvalue weighted by molar-refractivity contribution is 1.03. The lowest BCUT2D eigenvalue weighted by Crippen LogP contribution is -2.15. The zero-order chi connectivity index (χ0) is 6.97. The van der Waals surface area contributed by atoms with Crippen LogP contribution in [0.5, 0.6) is 0 Å². The smallest absolute Gasteiger partial charge is 0.150 e. The van der Waals surface area contributed by atoms with Gasteiger partial charge in [-0.25, -0.2) is 4.98 Å². The normalized spacial score (nSPS) is 14.7. The highest BCUT2D eigenvalue weighted by Crippen LogP contribution is 2.25. The Morgan fingerprint density at radius 3 is 3.40 bits per heavy atom. The van der Waals surface area contributed by atoms with Crippen molar-refractivity contribution in [1.29, 1.82) is 0 Å². The first-order valence-electron chi connectivity index (χ1n) is 3.28. The summed E-state index contributed by atoms with van der Waals surface area (Å²) in [6.07, 6.45) is 1.80. The molecule has 0 amide bonds. The molecule has 0 aromatic carbocycles. The Kier molecular flexibility index (Phi) is 1.03. The Hall–Kier alpha value is -1.25. The summed E-state index contributed by atoms with van der Waals surface area (Å²) < 4.78 is 0. The van der Waals surface area contributed by atoms with Crippen molar-refractivity contribution in [3.05, 3.63) is 18.3 Å². The molecule has 1 N–H and O–H groups in total. The first-order valence-corrected chi connectivity index (χ1v) is 3.28. The molecule has 1 aromatic heterocycles. The first kappa shape index (κ1) is 5.53. The molecule has 0 spiro atoms. The molecule has 10 heavy (non-hydrogen) atoms. The van der Waals surface area contributed by atoms with Gasteiger partial charge in [-0.1, -0.05) is 0 Å². The van der Waals surface area contributed by atoms with Gasteiger partial charge in [-0.3, -0.25) is 0 Å². The average molecular weight is 135 g/mol. The molecule has 1 aliphatic heterocycles. The minimum absolute atomic E-state index is 0.867. The maximum atomic E-state index is 4.16. The Labute approximate surface area is 59.7 Å². The minimum Gasteiger partial charge on any atom is -0.354 e. The number of aromatic nitrogens is 1. The molecule has 0 fully saturated rings. The highest BCUT2D eigenvalue weighted by Gasteiger charge is 2.13. The Morgan fingerprint density at radius 2 is 2.60 bits per heavy atom. The van der Waals surface area contributed by atoms with E-state index < -0.39 is 0 Å². The van der Waals surface area contributed by atoms with Crippen LogP contribution in [0.1, 0.15) is 0 Å². The van der Waals surface area contributed by atoms with Gasteiger partial charge in [-0.05, 0) is 12.1 Å². The van der Waals surface area contributed by atoms with Gasteiger partial charge in [-0.2, -0.15) is 0 Å². The van der Waals surface area contributed by atoms with Crippen molar-refractivity contribution in [2.75, 3.05) is 23.9 Å². The van der Waals surface area contributed by atoms with Gasteiger partial charge in [0.2, 0.25) is 0 Å². The van der Waals surface area contributed by atoms with Crippen LogP contribution in [-0.4, -0.2) is 18.7 Å². The lowest BCUT2D eigenvalue weighted by Gasteiger charge is -2.07. The van der Waals surface area contributed by atoms with E-state index in [9.17, 15) is 0 Å². The van der Waals surface area contributed by atoms with Gasteiger partial charge in [0.05, 0.1) is 12.4 Å². The molecule has 0 radical (unpaired) electrons. The number of nitrogens with zero attached hydrogens (tertiary/aromatic N) is 2. The number of nitrogens with one attached hydrogen (secondary N) is 1. The maximum Gasteiger partial charge on any atom is 0.150 e. The quantitative estimate of drug-likeness (QED) is 0.573. The second-order valence-corrected chi connectivity index (χ2v) is 2.40. The number of hydrogen-bond donors (Lipinski definition) is 1. The summed E-state index contributed by atoms with van der Waals surface area (Å²) in [5.74, 6) is 0.991. The van der Waals surface area contributed by atoms with Crippen LogP contribution in [0.4, 0.5) is 11.5 Å². The fraction of sp³-hybridized carbons (Fsp3) is 0.286. The molecule has 2 heterocycles. The Balaban J connectivity index is 2.51. The Morgan fingerprint density at radius 1 is 1.70 bits per heavy atom. The summed E-state index contributed by atoms with van der Waals surface area (Å²) in [6.45, 7) is 0.867. The number of pyridine rings is 1. The van der Waals surface area contributed by atoms with E-state index in [0.717, 1.165) is 12.5 Å². The van der Waals surface area contributed by atoms with Crippen molar-refractivity contribution in [1.82, 2.24) is 4.98 Å². The monoisotopic (exact) mass is 135 g/mol. The molecular formula is C7H9N3. The minimum atomic E-state index is 0.867. The van der Waals surface area contributed by atoms with Gasteiger partial charge in [0, 0.05) is 13.2 Å². The molecule has 0 saturated heterocycles. The fourth-order valence-electron chi connectivity index (χ4n) is 1.12. The third-order valence-electron chi connectivity index (χ3n) is 1.68. The molecule has 0 atom stereocenters. The molecule has 3 heteroatoms.